The van der Waals surface area contributed by atoms with Gasteiger partial charge in [-0.15, -0.1) is 0 Å². The summed E-state index contributed by atoms with van der Waals surface area (Å²) in [6.07, 6.45) is 0.980. The van der Waals surface area contributed by atoms with E-state index in [-0.39, 0.29) is 6.61 Å². The third kappa shape index (κ3) is 3.99. The van der Waals surface area contributed by atoms with E-state index in [1.54, 1.807) is 19.2 Å². The summed E-state index contributed by atoms with van der Waals surface area (Å²) in [5.41, 5.74) is 0.931. The second-order valence-electron chi connectivity index (χ2n) is 3.77. The maximum Gasteiger partial charge on any atom is 0.413 e. The average molecular weight is 258 g/mol. The van der Waals surface area contributed by atoms with Crippen LogP contribution in [-0.2, 0) is 11.3 Å². The van der Waals surface area contributed by atoms with Gasteiger partial charge in [0, 0.05) is 0 Å². The van der Waals surface area contributed by atoms with Gasteiger partial charge in [-0.25, -0.2) is 9.78 Å². The van der Waals surface area contributed by atoms with Crippen molar-refractivity contribution in [2.24, 2.45) is 0 Å². The summed E-state index contributed by atoms with van der Waals surface area (Å²) < 4.78 is 10.0. The minimum absolute atomic E-state index is 0.225. The van der Waals surface area contributed by atoms with Crippen LogP contribution in [0.15, 0.2) is 48.7 Å². The van der Waals surface area contributed by atoms with Gasteiger partial charge in [0.15, 0.2) is 0 Å². The number of nitrogens with one attached hydrogen (secondary N) is 1. The summed E-state index contributed by atoms with van der Waals surface area (Å²) in [6.45, 7) is 0.225. The van der Waals surface area contributed by atoms with E-state index in [2.05, 4.69) is 10.3 Å². The molecule has 0 aliphatic carbocycles. The van der Waals surface area contributed by atoms with Gasteiger partial charge < -0.3 is 9.47 Å². The Hall–Kier alpha value is -2.56. The minimum Gasteiger partial charge on any atom is -0.495 e. The van der Waals surface area contributed by atoms with Gasteiger partial charge in [0.25, 0.3) is 0 Å². The van der Waals surface area contributed by atoms with Gasteiger partial charge in [-0.2, -0.15) is 0 Å². The minimum atomic E-state index is -0.540. The Morgan fingerprint density at radius 1 is 1.21 bits per heavy atom. The maximum absolute atomic E-state index is 11.5. The number of amides is 1. The SMILES string of the molecule is COc1ccc(NC(=O)OCc2ccccc2)nc1. The Balaban J connectivity index is 1.83. The summed E-state index contributed by atoms with van der Waals surface area (Å²) in [7, 11) is 1.55. The third-order valence-electron chi connectivity index (χ3n) is 2.41. The lowest BCUT2D eigenvalue weighted by Gasteiger charge is -2.06. The van der Waals surface area contributed by atoms with E-state index < -0.39 is 6.09 Å². The highest BCUT2D eigenvalue weighted by atomic mass is 16.5. The van der Waals surface area contributed by atoms with Crippen LogP contribution in [0.1, 0.15) is 5.56 Å². The molecule has 0 fully saturated rings. The molecule has 1 amide bonds. The molecule has 0 spiro atoms. The first kappa shape index (κ1) is 12.9. The predicted molar refractivity (Wildman–Crippen MR) is 71.0 cm³/mol. The zero-order chi connectivity index (χ0) is 13.5. The number of ether oxygens (including phenoxy) is 2. The molecular formula is C14H14N2O3. The quantitative estimate of drug-likeness (QED) is 0.916. The number of carbonyl (C=O) groups excluding carboxylic acids is 1. The van der Waals surface area contributed by atoms with E-state index in [1.165, 1.54) is 6.20 Å². The van der Waals surface area contributed by atoms with Crippen molar-refractivity contribution in [1.29, 1.82) is 0 Å². The van der Waals surface area contributed by atoms with Gasteiger partial charge in [0.05, 0.1) is 13.3 Å². The molecule has 19 heavy (non-hydrogen) atoms. The second-order valence-corrected chi connectivity index (χ2v) is 3.77. The van der Waals surface area contributed by atoms with Crippen molar-refractivity contribution in [3.8, 4) is 5.75 Å². The zero-order valence-electron chi connectivity index (χ0n) is 10.5. The van der Waals surface area contributed by atoms with Crippen molar-refractivity contribution in [2.75, 3.05) is 12.4 Å². The molecule has 0 saturated heterocycles. The molecule has 2 rings (SSSR count). The van der Waals surface area contributed by atoms with Crippen LogP contribution >= 0.6 is 0 Å². The summed E-state index contributed by atoms with van der Waals surface area (Å²) in [5.74, 6) is 1.04. The maximum atomic E-state index is 11.5. The molecule has 5 nitrogen and oxygen atoms in total. The summed E-state index contributed by atoms with van der Waals surface area (Å²) >= 11 is 0. The molecule has 5 heteroatoms. The number of hydrogen-bond donors (Lipinski definition) is 1. The average Bonchev–Trinajstić information content (AvgIpc) is 2.47. The number of anilines is 1. The Bertz CT molecular complexity index is 526. The molecule has 1 N–H and O–H groups in total. The van der Waals surface area contributed by atoms with Gasteiger partial charge in [-0.1, -0.05) is 30.3 Å². The molecule has 1 aromatic carbocycles. The van der Waals surface area contributed by atoms with Crippen molar-refractivity contribution in [3.63, 3.8) is 0 Å². The topological polar surface area (TPSA) is 60.5 Å². The van der Waals surface area contributed by atoms with E-state index in [4.69, 9.17) is 9.47 Å². The number of aromatic nitrogens is 1. The molecule has 0 aliphatic heterocycles. The molecular weight excluding hydrogens is 244 g/mol. The molecule has 0 unspecified atom stereocenters. The Labute approximate surface area is 111 Å². The zero-order valence-corrected chi connectivity index (χ0v) is 10.5. The number of methoxy groups -OCH3 is 1. The summed E-state index contributed by atoms with van der Waals surface area (Å²) in [5, 5.41) is 2.54. The molecule has 98 valence electrons. The lowest BCUT2D eigenvalue weighted by molar-refractivity contribution is 0.155. The van der Waals surface area contributed by atoms with Gasteiger partial charge in [0.2, 0.25) is 0 Å². The number of benzene rings is 1. The van der Waals surface area contributed by atoms with E-state index in [0.29, 0.717) is 11.6 Å². The predicted octanol–water partition coefficient (Wildman–Crippen LogP) is 2.84. The smallest absolute Gasteiger partial charge is 0.413 e. The molecule has 0 aliphatic rings. The highest BCUT2D eigenvalue weighted by Crippen LogP contribution is 2.11. The van der Waals surface area contributed by atoms with Crippen LogP contribution in [0.4, 0.5) is 10.6 Å². The first-order valence-corrected chi connectivity index (χ1v) is 5.75. The molecule has 1 heterocycles. The first-order chi connectivity index (χ1) is 9.28. The fourth-order valence-corrected chi connectivity index (χ4v) is 1.44. The number of carbonyl (C=O) groups is 1. The van der Waals surface area contributed by atoms with Crippen molar-refractivity contribution >= 4 is 11.9 Å². The van der Waals surface area contributed by atoms with Crippen molar-refractivity contribution in [2.45, 2.75) is 6.61 Å². The lowest BCUT2D eigenvalue weighted by atomic mass is 10.2. The fourth-order valence-electron chi connectivity index (χ4n) is 1.44. The summed E-state index contributed by atoms with van der Waals surface area (Å²) in [4.78, 5) is 15.5. The Morgan fingerprint density at radius 3 is 2.63 bits per heavy atom. The van der Waals surface area contributed by atoms with Crippen LogP contribution in [0.2, 0.25) is 0 Å². The van der Waals surface area contributed by atoms with Crippen molar-refractivity contribution in [1.82, 2.24) is 4.98 Å². The van der Waals surface area contributed by atoms with Crippen molar-refractivity contribution < 1.29 is 14.3 Å². The number of rotatable bonds is 4. The first-order valence-electron chi connectivity index (χ1n) is 5.75. The Kier molecular flexibility index (Phi) is 4.34. The van der Waals surface area contributed by atoms with E-state index in [0.717, 1.165) is 5.56 Å². The van der Waals surface area contributed by atoms with Crippen LogP contribution in [0.5, 0.6) is 5.75 Å². The number of hydrogen-bond acceptors (Lipinski definition) is 4. The van der Waals surface area contributed by atoms with Crippen LogP contribution in [0.25, 0.3) is 0 Å². The van der Waals surface area contributed by atoms with Crippen LogP contribution < -0.4 is 10.1 Å². The fraction of sp³-hybridized carbons (Fsp3) is 0.143. The molecule has 2 aromatic rings. The van der Waals surface area contributed by atoms with Gasteiger partial charge >= 0.3 is 6.09 Å². The normalized spacial score (nSPS) is 9.74. The van der Waals surface area contributed by atoms with Gasteiger partial charge in [-0.3, -0.25) is 5.32 Å². The van der Waals surface area contributed by atoms with Crippen LogP contribution in [0, 0.1) is 0 Å². The van der Waals surface area contributed by atoms with E-state index in [1.807, 2.05) is 30.3 Å². The van der Waals surface area contributed by atoms with E-state index in [9.17, 15) is 4.79 Å². The molecule has 0 radical (unpaired) electrons. The lowest BCUT2D eigenvalue weighted by Crippen LogP contribution is -2.14. The molecule has 1 aromatic heterocycles. The molecule has 0 saturated carbocycles. The third-order valence-corrected chi connectivity index (χ3v) is 2.41. The second kappa shape index (κ2) is 6.39. The highest BCUT2D eigenvalue weighted by Gasteiger charge is 2.04. The van der Waals surface area contributed by atoms with Crippen LogP contribution in [-0.4, -0.2) is 18.2 Å². The highest BCUT2D eigenvalue weighted by molar-refractivity contribution is 5.83. The van der Waals surface area contributed by atoms with Gasteiger partial charge in [-0.05, 0) is 17.7 Å². The summed E-state index contributed by atoms with van der Waals surface area (Å²) in [6, 6.07) is 12.8. The van der Waals surface area contributed by atoms with E-state index >= 15 is 0 Å². The molecule has 0 bridgehead atoms. The monoisotopic (exact) mass is 258 g/mol. The number of pyridine rings is 1. The van der Waals surface area contributed by atoms with Gasteiger partial charge in [0.1, 0.15) is 18.2 Å². The van der Waals surface area contributed by atoms with Crippen LogP contribution in [0.3, 0.4) is 0 Å². The Morgan fingerprint density at radius 2 is 2.00 bits per heavy atom. The largest absolute Gasteiger partial charge is 0.495 e. The number of nitrogens with zero attached hydrogens (tertiary/aromatic N) is 1. The molecule has 0 atom stereocenters. The van der Waals surface area contributed by atoms with Crippen molar-refractivity contribution in [3.05, 3.63) is 54.2 Å². The standard InChI is InChI=1S/C14H14N2O3/c1-18-12-7-8-13(15-9-12)16-14(17)19-10-11-5-3-2-4-6-11/h2-9H,10H2,1H3,(H,15,16,17).